The first-order valence-electron chi connectivity index (χ1n) is 8.42. The van der Waals surface area contributed by atoms with Gasteiger partial charge in [-0.25, -0.2) is 9.59 Å². The fourth-order valence-electron chi connectivity index (χ4n) is 3.12. The van der Waals surface area contributed by atoms with Gasteiger partial charge in [-0.3, -0.25) is 4.79 Å². The molecular formula is C19H20N4O4. The second kappa shape index (κ2) is 6.99. The number of fused-ring (bicyclic) bond motifs is 1. The lowest BCUT2D eigenvalue weighted by molar-refractivity contribution is -0.110. The van der Waals surface area contributed by atoms with Gasteiger partial charge in [0.25, 0.3) is 5.91 Å². The third-order valence-electron chi connectivity index (χ3n) is 4.31. The number of H-pyrrole nitrogens is 1. The number of urea groups is 1. The van der Waals surface area contributed by atoms with Crippen LogP contribution in [0.1, 0.15) is 39.8 Å². The van der Waals surface area contributed by atoms with Crippen LogP contribution in [0.3, 0.4) is 0 Å². The number of amides is 3. The van der Waals surface area contributed by atoms with E-state index in [2.05, 4.69) is 15.6 Å². The van der Waals surface area contributed by atoms with E-state index in [1.165, 1.54) is 0 Å². The number of hydrogen-bond donors (Lipinski definition) is 4. The minimum absolute atomic E-state index is 0.273. The first kappa shape index (κ1) is 18.2. The van der Waals surface area contributed by atoms with Gasteiger partial charge in [0.15, 0.2) is 0 Å². The van der Waals surface area contributed by atoms with Crippen LogP contribution in [-0.4, -0.2) is 29.5 Å². The number of nitrogens with two attached hydrogens (primary N) is 1. The molecule has 5 N–H and O–H groups in total. The van der Waals surface area contributed by atoms with Crippen molar-refractivity contribution in [3.05, 3.63) is 46.3 Å². The van der Waals surface area contributed by atoms with Gasteiger partial charge in [-0.15, -0.1) is 0 Å². The summed E-state index contributed by atoms with van der Waals surface area (Å²) in [6, 6.07) is 4.32. The number of aryl methyl sites for hydroxylation is 1. The first-order chi connectivity index (χ1) is 12.8. The van der Waals surface area contributed by atoms with E-state index in [-0.39, 0.29) is 12.5 Å². The molecule has 8 heteroatoms. The van der Waals surface area contributed by atoms with Gasteiger partial charge in [-0.05, 0) is 50.6 Å². The van der Waals surface area contributed by atoms with E-state index in [1.54, 1.807) is 45.0 Å². The summed E-state index contributed by atoms with van der Waals surface area (Å²) in [5, 5.41) is 5.27. The molecule has 2 heterocycles. The van der Waals surface area contributed by atoms with Crippen molar-refractivity contribution in [3.8, 4) is 0 Å². The molecule has 8 nitrogen and oxygen atoms in total. The minimum atomic E-state index is -0.687. The summed E-state index contributed by atoms with van der Waals surface area (Å²) in [6.45, 7) is 5.60. The van der Waals surface area contributed by atoms with E-state index in [9.17, 15) is 14.4 Å². The van der Waals surface area contributed by atoms with Crippen LogP contribution in [0.4, 0.5) is 16.2 Å². The van der Waals surface area contributed by atoms with Crippen molar-refractivity contribution in [3.63, 3.8) is 0 Å². The van der Waals surface area contributed by atoms with Gasteiger partial charge >= 0.3 is 12.0 Å². The molecule has 0 saturated heterocycles. The number of carbonyl (C=O) groups is 3. The van der Waals surface area contributed by atoms with E-state index >= 15 is 0 Å². The normalized spacial score (nSPS) is 14.0. The van der Waals surface area contributed by atoms with Crippen LogP contribution in [0.2, 0.25) is 0 Å². The SMILES string of the molecule is CCOC(=O)c1c(C)[nH]c(C=C2C(=O)Nc3ccc(NC(N)=O)cc32)c1C. The second-order valence-corrected chi connectivity index (χ2v) is 6.15. The highest BCUT2D eigenvalue weighted by atomic mass is 16.5. The summed E-state index contributed by atoms with van der Waals surface area (Å²) in [4.78, 5) is 38.8. The Bertz CT molecular complexity index is 988. The highest BCUT2D eigenvalue weighted by Crippen LogP contribution is 2.35. The summed E-state index contributed by atoms with van der Waals surface area (Å²) < 4.78 is 5.09. The number of esters is 1. The largest absolute Gasteiger partial charge is 0.462 e. The van der Waals surface area contributed by atoms with Gasteiger partial charge in [0.2, 0.25) is 0 Å². The van der Waals surface area contributed by atoms with E-state index in [0.29, 0.717) is 45.0 Å². The van der Waals surface area contributed by atoms with Gasteiger partial charge < -0.3 is 26.1 Å². The quantitative estimate of drug-likeness (QED) is 0.489. The number of rotatable bonds is 4. The molecule has 1 aromatic carbocycles. The van der Waals surface area contributed by atoms with Crippen molar-refractivity contribution in [1.82, 2.24) is 4.98 Å². The third kappa shape index (κ3) is 3.41. The zero-order chi connectivity index (χ0) is 19.7. The first-order valence-corrected chi connectivity index (χ1v) is 8.42. The molecule has 3 amide bonds. The van der Waals surface area contributed by atoms with Crippen molar-refractivity contribution in [1.29, 1.82) is 0 Å². The van der Waals surface area contributed by atoms with Gasteiger partial charge in [-0.2, -0.15) is 0 Å². The molecule has 27 heavy (non-hydrogen) atoms. The van der Waals surface area contributed by atoms with Crippen molar-refractivity contribution in [2.45, 2.75) is 20.8 Å². The van der Waals surface area contributed by atoms with Gasteiger partial charge in [-0.1, -0.05) is 0 Å². The monoisotopic (exact) mass is 368 g/mol. The number of aromatic nitrogens is 1. The molecule has 0 radical (unpaired) electrons. The zero-order valence-corrected chi connectivity index (χ0v) is 15.2. The van der Waals surface area contributed by atoms with E-state index in [4.69, 9.17) is 10.5 Å². The van der Waals surface area contributed by atoms with Gasteiger partial charge in [0.05, 0.1) is 17.7 Å². The van der Waals surface area contributed by atoms with Crippen molar-refractivity contribution in [2.75, 3.05) is 17.2 Å². The summed E-state index contributed by atoms with van der Waals surface area (Å²) >= 11 is 0. The standard InChI is InChI=1S/C19H20N4O4/c1-4-27-18(25)16-9(2)15(21-10(16)3)8-13-12-7-11(22-19(20)26)5-6-14(12)23-17(13)24/h5-8,21H,4H2,1-3H3,(H,23,24)(H3,20,22,26). The Morgan fingerprint density at radius 1 is 1.30 bits per heavy atom. The predicted molar refractivity (Wildman–Crippen MR) is 102 cm³/mol. The van der Waals surface area contributed by atoms with Crippen LogP contribution in [0.15, 0.2) is 18.2 Å². The molecule has 0 saturated carbocycles. The number of carbonyl (C=O) groups excluding carboxylic acids is 3. The van der Waals surface area contributed by atoms with Crippen LogP contribution in [0, 0.1) is 13.8 Å². The predicted octanol–water partition coefficient (Wildman–Crippen LogP) is 2.79. The Hall–Kier alpha value is -3.55. The highest BCUT2D eigenvalue weighted by Gasteiger charge is 2.26. The number of ether oxygens (including phenoxy) is 1. The summed E-state index contributed by atoms with van der Waals surface area (Å²) in [7, 11) is 0. The molecule has 1 aliphatic rings. The van der Waals surface area contributed by atoms with Gasteiger partial charge in [0, 0.05) is 28.3 Å². The fourth-order valence-corrected chi connectivity index (χ4v) is 3.12. The molecule has 1 aromatic heterocycles. The van der Waals surface area contributed by atoms with Crippen molar-refractivity contribution >= 4 is 40.9 Å². The molecule has 0 fully saturated rings. The van der Waals surface area contributed by atoms with E-state index in [0.717, 1.165) is 0 Å². The maximum atomic E-state index is 12.4. The Morgan fingerprint density at radius 3 is 2.70 bits per heavy atom. The van der Waals surface area contributed by atoms with Crippen LogP contribution < -0.4 is 16.4 Å². The molecule has 0 spiro atoms. The number of benzene rings is 1. The highest BCUT2D eigenvalue weighted by molar-refractivity contribution is 6.35. The topological polar surface area (TPSA) is 126 Å². The molecule has 140 valence electrons. The lowest BCUT2D eigenvalue weighted by atomic mass is 10.0. The van der Waals surface area contributed by atoms with Crippen LogP contribution in [-0.2, 0) is 9.53 Å². The molecule has 0 aliphatic carbocycles. The van der Waals surface area contributed by atoms with Gasteiger partial charge in [0.1, 0.15) is 0 Å². The summed E-state index contributed by atoms with van der Waals surface area (Å²) in [5.74, 6) is -0.678. The van der Waals surface area contributed by atoms with Crippen molar-refractivity contribution in [2.24, 2.45) is 5.73 Å². The average Bonchev–Trinajstić information content (AvgIpc) is 3.04. The molecule has 3 rings (SSSR count). The van der Waals surface area contributed by atoms with Crippen molar-refractivity contribution < 1.29 is 19.1 Å². The maximum absolute atomic E-state index is 12.4. The maximum Gasteiger partial charge on any atom is 0.340 e. The lowest BCUT2D eigenvalue weighted by Crippen LogP contribution is -2.19. The van der Waals surface area contributed by atoms with Crippen LogP contribution in [0.25, 0.3) is 11.6 Å². The zero-order valence-electron chi connectivity index (χ0n) is 15.2. The molecule has 1 aliphatic heterocycles. The Kier molecular flexibility index (Phi) is 4.72. The summed E-state index contributed by atoms with van der Waals surface area (Å²) in [5.41, 5.74) is 9.79. The Morgan fingerprint density at radius 2 is 2.04 bits per heavy atom. The average molecular weight is 368 g/mol. The molecule has 0 bridgehead atoms. The number of primary amides is 1. The van der Waals surface area contributed by atoms with E-state index in [1.807, 2.05) is 0 Å². The molecule has 0 unspecified atom stereocenters. The van der Waals surface area contributed by atoms with E-state index < -0.39 is 12.0 Å². The molecule has 0 atom stereocenters. The number of nitrogens with one attached hydrogen (secondary N) is 3. The smallest absolute Gasteiger partial charge is 0.340 e. The number of aromatic amines is 1. The lowest BCUT2D eigenvalue weighted by Gasteiger charge is -2.05. The van der Waals surface area contributed by atoms with Crippen LogP contribution in [0.5, 0.6) is 0 Å². The molecule has 2 aromatic rings. The Labute approximate surface area is 155 Å². The fraction of sp³-hybridized carbons (Fsp3) is 0.211. The number of anilines is 2. The van der Waals surface area contributed by atoms with Crippen LogP contribution >= 0.6 is 0 Å². The summed E-state index contributed by atoms with van der Waals surface area (Å²) in [6.07, 6.45) is 1.68. The third-order valence-corrected chi connectivity index (χ3v) is 4.31. The Balaban J connectivity index is 2.04. The number of hydrogen-bond acceptors (Lipinski definition) is 4. The molecular weight excluding hydrogens is 348 g/mol. The minimum Gasteiger partial charge on any atom is -0.462 e. The second-order valence-electron chi connectivity index (χ2n) is 6.15.